The fourth-order valence-electron chi connectivity index (χ4n) is 2.98. The van der Waals surface area contributed by atoms with Crippen LogP contribution in [-0.2, 0) is 10.1 Å². The predicted molar refractivity (Wildman–Crippen MR) is 103 cm³/mol. The average molecular weight is 693 g/mol. The fraction of sp³-hybridized carbons (Fsp3) is 1.00. The van der Waals surface area contributed by atoms with E-state index in [9.17, 15) is 96.4 Å². The Balaban J connectivity index is 0. The van der Waals surface area contributed by atoms with Gasteiger partial charge < -0.3 is 9.04 Å². The number of quaternary nitrogens is 1. The van der Waals surface area contributed by atoms with E-state index in [0.717, 1.165) is 0 Å². The van der Waals surface area contributed by atoms with E-state index in [2.05, 4.69) is 27.7 Å². The molecule has 0 amide bonds. The lowest BCUT2D eigenvalue weighted by Crippen LogP contribution is -2.76. The van der Waals surface area contributed by atoms with Crippen molar-refractivity contribution in [1.82, 2.24) is 0 Å². The summed E-state index contributed by atoms with van der Waals surface area (Å²) in [6.45, 7) is 10.1. The normalized spacial score (nSPS) is 15.8. The Morgan fingerprint density at radius 1 is 0.476 bits per heavy atom. The molecule has 0 saturated carbocycles. The van der Waals surface area contributed by atoms with Crippen LogP contribution in [0.15, 0.2) is 0 Å². The molecule has 0 aromatic rings. The van der Waals surface area contributed by atoms with Crippen LogP contribution in [0, 0.1) is 0 Å². The maximum atomic E-state index is 13.3. The van der Waals surface area contributed by atoms with Crippen LogP contribution in [0.4, 0.5) is 83.4 Å². The summed E-state index contributed by atoms with van der Waals surface area (Å²) in [5.74, 6) is -68.9. The number of hydrogen-bond donors (Lipinski definition) is 0. The molecule has 256 valence electrons. The second kappa shape index (κ2) is 12.1. The van der Waals surface area contributed by atoms with Crippen molar-refractivity contribution in [2.24, 2.45) is 0 Å². The van der Waals surface area contributed by atoms with Gasteiger partial charge in [-0.3, -0.25) is 0 Å². The lowest BCUT2D eigenvalue weighted by molar-refractivity contribution is -0.921. The van der Waals surface area contributed by atoms with Crippen LogP contribution >= 0.6 is 0 Å². The lowest BCUT2D eigenvalue weighted by atomic mass is 9.87. The molecule has 0 rings (SSSR count). The third-order valence-corrected chi connectivity index (χ3v) is 7.24. The Labute approximate surface area is 225 Å². The van der Waals surface area contributed by atoms with Gasteiger partial charge in [0.2, 0.25) is 0 Å². The van der Waals surface area contributed by atoms with E-state index in [1.807, 2.05) is 0 Å². The summed E-state index contributed by atoms with van der Waals surface area (Å²) in [5, 5.41) is -8.06. The zero-order valence-corrected chi connectivity index (χ0v) is 22.1. The van der Waals surface area contributed by atoms with Crippen molar-refractivity contribution in [2.45, 2.75) is 80.3 Å². The first kappa shape index (κ1) is 42.7. The van der Waals surface area contributed by atoms with Gasteiger partial charge >= 0.3 is 52.6 Å². The van der Waals surface area contributed by atoms with Crippen molar-refractivity contribution in [3.8, 4) is 0 Å². The molecule has 24 heteroatoms. The van der Waals surface area contributed by atoms with Gasteiger partial charge in [0, 0.05) is 0 Å². The quantitative estimate of drug-likeness (QED) is 0.111. The van der Waals surface area contributed by atoms with Crippen molar-refractivity contribution >= 4 is 10.1 Å². The Morgan fingerprint density at radius 3 is 0.857 bits per heavy atom. The monoisotopic (exact) mass is 693 g/mol. The highest BCUT2D eigenvalue weighted by atomic mass is 32.2. The van der Waals surface area contributed by atoms with Gasteiger partial charge in [-0.2, -0.15) is 79.0 Å². The largest absolute Gasteiger partial charge is 0.743 e. The van der Waals surface area contributed by atoms with E-state index in [1.165, 1.54) is 30.7 Å². The summed E-state index contributed by atoms with van der Waals surface area (Å²) in [6, 6.07) is 0. The van der Waals surface area contributed by atoms with E-state index in [4.69, 9.17) is 0 Å². The molecule has 0 aromatic carbocycles. The first-order valence-corrected chi connectivity index (χ1v) is 12.2. The van der Waals surface area contributed by atoms with Crippen LogP contribution in [0.5, 0.6) is 0 Å². The van der Waals surface area contributed by atoms with Crippen LogP contribution in [0.1, 0.15) is 27.7 Å². The van der Waals surface area contributed by atoms with Gasteiger partial charge in [-0.1, -0.05) is 0 Å². The minimum Gasteiger partial charge on any atom is -0.743 e. The van der Waals surface area contributed by atoms with Crippen molar-refractivity contribution in [3.63, 3.8) is 0 Å². The number of halogens is 19. The van der Waals surface area contributed by atoms with Crippen molar-refractivity contribution in [3.05, 3.63) is 0 Å². The first-order valence-electron chi connectivity index (χ1n) is 10.8. The average Bonchev–Trinajstić information content (AvgIpc) is 2.84. The maximum absolute atomic E-state index is 13.3. The minimum atomic E-state index is -9.13. The van der Waals surface area contributed by atoms with Crippen LogP contribution in [-0.4, -0.2) is 103 Å². The summed E-state index contributed by atoms with van der Waals surface area (Å²) < 4.78 is 277. The van der Waals surface area contributed by atoms with E-state index in [1.54, 1.807) is 0 Å². The Kier molecular flexibility index (Phi) is 12.3. The topological polar surface area (TPSA) is 57.2 Å². The van der Waals surface area contributed by atoms with Crippen molar-refractivity contribution in [1.29, 1.82) is 0 Å². The predicted octanol–water partition coefficient (Wildman–Crippen LogP) is 7.06. The van der Waals surface area contributed by atoms with Gasteiger partial charge in [0.05, 0.1) is 26.2 Å². The number of nitrogens with zero attached hydrogens (tertiary/aromatic N) is 1. The Morgan fingerprint density at radius 2 is 0.690 bits per heavy atom. The van der Waals surface area contributed by atoms with Crippen LogP contribution in [0.25, 0.3) is 0 Å². The highest BCUT2D eigenvalue weighted by Gasteiger charge is 2.96. The second-order valence-electron chi connectivity index (χ2n) is 8.44. The minimum absolute atomic E-state index is 1.28. The van der Waals surface area contributed by atoms with Gasteiger partial charge in [-0.25, -0.2) is 12.8 Å². The Hall–Kier alpha value is -1.46. The molecule has 0 aliphatic heterocycles. The summed E-state index contributed by atoms with van der Waals surface area (Å²) in [5.41, 5.74) is 0. The molecule has 0 atom stereocenters. The van der Waals surface area contributed by atoms with Crippen LogP contribution < -0.4 is 0 Å². The number of rotatable bonds is 14. The number of alkyl halides is 19. The maximum Gasteiger partial charge on any atom is 0.402 e. The molecule has 0 fully saturated rings. The zero-order chi connectivity index (χ0) is 35.0. The summed E-state index contributed by atoms with van der Waals surface area (Å²) in [6.07, 6.45) is 0. The first-order chi connectivity index (χ1) is 18.1. The summed E-state index contributed by atoms with van der Waals surface area (Å²) >= 11 is 0. The smallest absolute Gasteiger partial charge is 0.402 e. The van der Waals surface area contributed by atoms with Gasteiger partial charge in [-0.15, -0.1) is 0 Å². The van der Waals surface area contributed by atoms with E-state index >= 15 is 0 Å². The Bertz CT molecular complexity index is 992. The molecule has 0 saturated heterocycles. The molecule has 0 heterocycles. The summed E-state index contributed by atoms with van der Waals surface area (Å²) in [4.78, 5) is 0. The van der Waals surface area contributed by atoms with Gasteiger partial charge in [0.1, 0.15) is 0 Å². The molecule has 0 radical (unpaired) electrons. The molecule has 0 aromatic heterocycles. The van der Waals surface area contributed by atoms with Crippen LogP contribution in [0.2, 0.25) is 0 Å². The third kappa shape index (κ3) is 6.08. The van der Waals surface area contributed by atoms with Crippen LogP contribution in [0.3, 0.4) is 0 Å². The highest BCUT2D eigenvalue weighted by Crippen LogP contribution is 2.65. The molecule has 0 aliphatic carbocycles. The molecule has 0 unspecified atom stereocenters. The van der Waals surface area contributed by atoms with E-state index in [-0.39, 0.29) is 0 Å². The SMILES string of the molecule is CC[N+](CC)(CC)CC.O=S(=O)([O-])C(F)(F)C(F)(F)C(F)(F)C(F)(F)C(F)(F)C(F)(F)C(F)(F)C(F)(F)C(F)(F)CF. The van der Waals surface area contributed by atoms with Crippen molar-refractivity contribution in [2.75, 3.05) is 32.9 Å². The van der Waals surface area contributed by atoms with Crippen molar-refractivity contribution < 1.29 is 101 Å². The van der Waals surface area contributed by atoms with E-state index in [0.29, 0.717) is 0 Å². The molecular formula is C18H22F19NO3S. The number of hydrogen-bond acceptors (Lipinski definition) is 3. The van der Waals surface area contributed by atoms with Gasteiger partial charge in [-0.05, 0) is 27.7 Å². The second-order valence-corrected chi connectivity index (χ2v) is 9.86. The molecule has 0 aliphatic rings. The summed E-state index contributed by atoms with van der Waals surface area (Å²) in [7, 11) is -8.25. The molecule has 0 bridgehead atoms. The van der Waals surface area contributed by atoms with Gasteiger partial charge in [0.15, 0.2) is 16.8 Å². The molecule has 42 heavy (non-hydrogen) atoms. The highest BCUT2D eigenvalue weighted by molar-refractivity contribution is 7.86. The molecular weight excluding hydrogens is 671 g/mol. The lowest BCUT2D eigenvalue weighted by Gasteiger charge is -2.44. The molecule has 4 nitrogen and oxygen atoms in total. The van der Waals surface area contributed by atoms with Gasteiger partial charge in [0.25, 0.3) is 0 Å². The fourth-order valence-corrected chi connectivity index (χ4v) is 3.42. The standard InChI is InChI=1S/C10H3F19O3S.C8H20N/c11-1-2(12,13)3(14,15)4(16,17)5(18,19)6(20,21)7(22,23)8(24,25)9(26,27)10(28,29)33(30,31)32;1-5-9(6-2,7-3)8-4/h1H2,(H,30,31,32);5-8H2,1-4H3/q;+1/p-1. The third-order valence-electron chi connectivity index (χ3n) is 6.36. The van der Waals surface area contributed by atoms with E-state index < -0.39 is 69.4 Å². The molecule has 0 N–H and O–H groups in total. The molecule has 0 spiro atoms. The zero-order valence-electron chi connectivity index (χ0n) is 21.3.